The van der Waals surface area contributed by atoms with Crippen LogP contribution < -0.4 is 15.5 Å². The Morgan fingerprint density at radius 1 is 0.957 bits per heavy atom. The van der Waals surface area contributed by atoms with E-state index >= 15 is 0 Å². The highest BCUT2D eigenvalue weighted by atomic mass is 32.1. The molecule has 2 N–H and O–H groups in total. The Hall–Kier alpha value is -6.58. The minimum atomic E-state index is -4.75. The minimum absolute atomic E-state index is 0.0367. The van der Waals surface area contributed by atoms with Crippen LogP contribution >= 0.6 is 11.3 Å². The molecule has 5 aromatic rings. The van der Waals surface area contributed by atoms with Crippen molar-refractivity contribution in [2.75, 3.05) is 31.2 Å². The monoisotopic (exact) mass is 983 g/mol. The Labute approximate surface area is 410 Å². The number of halogens is 3. The van der Waals surface area contributed by atoms with Gasteiger partial charge in [0.25, 0.3) is 0 Å². The zero-order valence-electron chi connectivity index (χ0n) is 41.0. The molecule has 0 bridgehead atoms. The van der Waals surface area contributed by atoms with Crippen LogP contribution in [0, 0.1) is 44.4 Å². The highest BCUT2D eigenvalue weighted by Gasteiger charge is 2.46. The van der Waals surface area contributed by atoms with Crippen LogP contribution in [0.25, 0.3) is 21.6 Å². The van der Waals surface area contributed by atoms with Crippen molar-refractivity contribution in [2.45, 2.75) is 118 Å². The number of amides is 3. The van der Waals surface area contributed by atoms with Gasteiger partial charge in [-0.3, -0.25) is 19.2 Å². The average Bonchev–Trinajstić information content (AvgIpc) is 4.03. The van der Waals surface area contributed by atoms with Gasteiger partial charge in [0.1, 0.15) is 30.6 Å². The Bertz CT molecular complexity index is 2700. The molecule has 18 heteroatoms. The van der Waals surface area contributed by atoms with E-state index in [1.165, 1.54) is 24.0 Å². The Kier molecular flexibility index (Phi) is 16.9. The number of aryl methyl sites for hydroxylation is 4. The molecule has 1 fully saturated rings. The van der Waals surface area contributed by atoms with Gasteiger partial charge in [0.05, 0.1) is 51.6 Å². The van der Waals surface area contributed by atoms with Gasteiger partial charge in [0.2, 0.25) is 17.7 Å². The number of anilines is 2. The first-order valence-corrected chi connectivity index (χ1v) is 24.0. The lowest BCUT2D eigenvalue weighted by atomic mass is 9.85. The summed E-state index contributed by atoms with van der Waals surface area (Å²) >= 11 is 1.55. The van der Waals surface area contributed by atoms with Gasteiger partial charge in [-0.1, -0.05) is 62.3 Å². The van der Waals surface area contributed by atoms with E-state index in [4.69, 9.17) is 14.0 Å². The number of rotatable bonds is 18. The largest absolute Gasteiger partial charge is 0.461 e. The second-order valence-electron chi connectivity index (χ2n) is 18.8. The van der Waals surface area contributed by atoms with E-state index in [1.807, 2.05) is 70.2 Å². The molecule has 0 radical (unpaired) electrons. The van der Waals surface area contributed by atoms with Crippen LogP contribution in [0.1, 0.15) is 106 Å². The summed E-state index contributed by atoms with van der Waals surface area (Å²) in [5.41, 5.74) is 6.30. The molecule has 3 amide bonds. The fourth-order valence-corrected chi connectivity index (χ4v) is 9.52. The number of hydrogen-bond acceptors (Lipinski definition) is 12. The molecule has 0 unspecified atom stereocenters. The zero-order chi connectivity index (χ0) is 51.1. The second kappa shape index (κ2) is 22.4. The first-order chi connectivity index (χ1) is 33.1. The molecule has 6 rings (SSSR count). The highest BCUT2D eigenvalue weighted by Crippen LogP contribution is 2.39. The molecule has 0 spiro atoms. The lowest BCUT2D eigenvalue weighted by Crippen LogP contribution is -2.58. The maximum atomic E-state index is 14.4. The van der Waals surface area contributed by atoms with Crippen molar-refractivity contribution in [3.63, 3.8) is 0 Å². The number of likely N-dealkylation sites (tertiary alicyclic amines) is 1. The summed E-state index contributed by atoms with van der Waals surface area (Å²) in [6.45, 7) is 16.0. The number of thiazole rings is 1. The molecule has 1 saturated heterocycles. The molecule has 372 valence electrons. The van der Waals surface area contributed by atoms with Gasteiger partial charge < -0.3 is 34.4 Å². The van der Waals surface area contributed by atoms with E-state index in [0.717, 1.165) is 44.5 Å². The summed E-state index contributed by atoms with van der Waals surface area (Å²) in [5, 5.41) is 19.4. The summed E-state index contributed by atoms with van der Waals surface area (Å²) in [7, 11) is 0. The van der Waals surface area contributed by atoms with Crippen molar-refractivity contribution < 1.29 is 46.3 Å². The number of nitrogens with zero attached hydrogens (tertiary/aromatic N) is 5. The molecule has 3 aromatic carbocycles. The van der Waals surface area contributed by atoms with E-state index in [0.29, 0.717) is 42.9 Å². The van der Waals surface area contributed by atoms with Crippen molar-refractivity contribution in [3.8, 4) is 27.6 Å². The van der Waals surface area contributed by atoms with Gasteiger partial charge >= 0.3 is 12.1 Å². The van der Waals surface area contributed by atoms with Crippen LogP contribution in [-0.4, -0.2) is 83.2 Å². The Morgan fingerprint density at radius 3 is 2.29 bits per heavy atom. The number of unbranched alkanes of at least 4 members (excludes halogenated alkanes) is 2. The number of nitrogens with one attached hydrogen (secondary N) is 2. The average molecular weight is 984 g/mol. The van der Waals surface area contributed by atoms with Gasteiger partial charge in [0.15, 0.2) is 0 Å². The SMILES string of the molecule is CC(=O)O[C@@H]1C[C@@H](C(=O)N[C@@H](C)c2ccc(-c3scnc3C)cc2)N(C(=O)[C@@H](NC(=O)COCCCCCN(c2ccc(C#N)c(C(F)(F)F)c2)c2cc(-c3c(C)noc3C)ccc2C)C(C)(C)C)C1. The summed E-state index contributed by atoms with van der Waals surface area (Å²) in [4.78, 5) is 62.3. The van der Waals surface area contributed by atoms with Crippen LogP contribution in [-0.2, 0) is 34.8 Å². The number of carbonyl (C=O) groups is 4. The summed E-state index contributed by atoms with van der Waals surface area (Å²) in [6, 6.07) is 16.4. The number of ether oxygens (including phenoxy) is 2. The van der Waals surface area contributed by atoms with E-state index < -0.39 is 70.6 Å². The molecular formula is C52H60F3N7O7S. The third-order valence-corrected chi connectivity index (χ3v) is 13.3. The second-order valence-corrected chi connectivity index (χ2v) is 19.6. The van der Waals surface area contributed by atoms with Crippen LogP contribution in [0.15, 0.2) is 70.7 Å². The van der Waals surface area contributed by atoms with Gasteiger partial charge in [0, 0.05) is 43.4 Å². The number of hydrogen-bond donors (Lipinski definition) is 2. The standard InChI is InChI=1S/C52H60F3N7O7S/c1-30-13-14-38(46-32(3)60-69-34(46)5)23-43(30)61(40-20-19-39(26-56)42(24-40)52(53,54)55)21-11-10-12-22-67-28-45(64)59-48(51(7,8)9)50(66)62-27-41(68-35(6)63)25-44(62)49(65)58-31(2)36-15-17-37(18-16-36)47-33(4)57-29-70-47/h13-20,23-24,29,31,41,44,48H,10-12,21-22,25,27-28H2,1-9H3,(H,58,65)(H,59,64)/t31-,41+,44-,48+/m0/s1. The number of nitriles is 1. The van der Waals surface area contributed by atoms with Crippen molar-refractivity contribution in [2.24, 2.45) is 5.41 Å². The molecular weight excluding hydrogens is 924 g/mol. The fourth-order valence-electron chi connectivity index (χ4n) is 8.71. The summed E-state index contributed by atoms with van der Waals surface area (Å²) in [5.74, 6) is -1.41. The molecule has 0 aliphatic carbocycles. The predicted octanol–water partition coefficient (Wildman–Crippen LogP) is 9.86. The van der Waals surface area contributed by atoms with E-state index in [2.05, 4.69) is 20.8 Å². The van der Waals surface area contributed by atoms with Crippen LogP contribution in [0.5, 0.6) is 0 Å². The van der Waals surface area contributed by atoms with Gasteiger partial charge in [-0.15, -0.1) is 11.3 Å². The first-order valence-electron chi connectivity index (χ1n) is 23.2. The first kappa shape index (κ1) is 52.8. The Balaban J connectivity index is 1.07. The van der Waals surface area contributed by atoms with E-state index in [1.54, 1.807) is 55.5 Å². The van der Waals surface area contributed by atoms with E-state index in [-0.39, 0.29) is 31.9 Å². The topological polar surface area (TPSA) is 180 Å². The lowest BCUT2D eigenvalue weighted by molar-refractivity contribution is -0.147. The van der Waals surface area contributed by atoms with Crippen LogP contribution in [0.2, 0.25) is 0 Å². The fraction of sp³-hybridized carbons (Fsp3) is 0.442. The number of esters is 1. The maximum Gasteiger partial charge on any atom is 0.417 e. The molecule has 0 saturated carbocycles. The van der Waals surface area contributed by atoms with Crippen LogP contribution in [0.4, 0.5) is 24.5 Å². The molecule has 1 aliphatic rings. The number of benzene rings is 3. The minimum Gasteiger partial charge on any atom is -0.461 e. The predicted molar refractivity (Wildman–Crippen MR) is 260 cm³/mol. The molecule has 70 heavy (non-hydrogen) atoms. The normalized spacial score (nSPS) is 15.8. The van der Waals surface area contributed by atoms with Crippen molar-refractivity contribution in [1.82, 2.24) is 25.7 Å². The third kappa shape index (κ3) is 12.8. The Morgan fingerprint density at radius 2 is 1.67 bits per heavy atom. The van der Waals surface area contributed by atoms with Gasteiger partial charge in [-0.2, -0.15) is 18.4 Å². The zero-order valence-corrected chi connectivity index (χ0v) is 41.8. The molecule has 2 aromatic heterocycles. The quantitative estimate of drug-likeness (QED) is 0.0630. The molecule has 4 atom stereocenters. The van der Waals surface area contributed by atoms with Crippen molar-refractivity contribution in [1.29, 1.82) is 5.26 Å². The van der Waals surface area contributed by atoms with Crippen molar-refractivity contribution >= 4 is 46.4 Å². The lowest BCUT2D eigenvalue weighted by Gasteiger charge is -2.35. The third-order valence-electron chi connectivity index (χ3n) is 12.3. The molecule has 3 heterocycles. The highest BCUT2D eigenvalue weighted by molar-refractivity contribution is 7.13. The van der Waals surface area contributed by atoms with Crippen molar-refractivity contribution in [3.05, 3.63) is 106 Å². The molecule has 14 nitrogen and oxygen atoms in total. The number of aromatic nitrogens is 2. The number of alkyl halides is 3. The van der Waals surface area contributed by atoms with Crippen LogP contribution in [0.3, 0.4) is 0 Å². The summed E-state index contributed by atoms with van der Waals surface area (Å²) in [6.07, 6.45) is -3.77. The van der Waals surface area contributed by atoms with E-state index in [9.17, 15) is 37.6 Å². The number of carbonyl (C=O) groups excluding carboxylic acids is 4. The smallest absolute Gasteiger partial charge is 0.417 e. The molecule has 1 aliphatic heterocycles. The maximum absolute atomic E-state index is 14.4. The van der Waals surface area contributed by atoms with Gasteiger partial charge in [-0.05, 0) is 106 Å². The summed E-state index contributed by atoms with van der Waals surface area (Å²) < 4.78 is 59.2. The van der Waals surface area contributed by atoms with Gasteiger partial charge in [-0.25, -0.2) is 4.98 Å².